The molecular formula is C28H36BrFN4O2. The molecule has 1 fully saturated rings. The largest absolute Gasteiger partial charge is 0.489 e. The van der Waals surface area contributed by atoms with Crippen molar-refractivity contribution in [3.05, 3.63) is 46.9 Å². The first-order valence-electron chi connectivity index (χ1n) is 16.3. The molecule has 0 aliphatic carbocycles. The highest BCUT2D eigenvalue weighted by molar-refractivity contribution is 9.10. The minimum atomic E-state index is -3.35. The number of fused-ring (bicyclic) bond motifs is 1. The van der Waals surface area contributed by atoms with Crippen molar-refractivity contribution < 1.29 is 27.6 Å². The third-order valence-electron chi connectivity index (χ3n) is 4.90. The maximum absolute atomic E-state index is 14.6. The first-order chi connectivity index (χ1) is 20.6. The van der Waals surface area contributed by atoms with Gasteiger partial charge in [-0.25, -0.2) is 14.4 Å². The number of benzene rings is 2. The zero-order chi connectivity index (χ0) is 35.1. The van der Waals surface area contributed by atoms with Gasteiger partial charge in [0, 0.05) is 32.4 Å². The lowest BCUT2D eigenvalue weighted by atomic mass is 9.93. The van der Waals surface area contributed by atoms with Crippen LogP contribution < -0.4 is 14.8 Å². The van der Waals surface area contributed by atoms with Crippen LogP contribution in [0.4, 0.5) is 15.9 Å². The van der Waals surface area contributed by atoms with Crippen molar-refractivity contribution in [2.45, 2.75) is 65.4 Å². The number of piperidine rings is 1. The van der Waals surface area contributed by atoms with Crippen LogP contribution in [0.25, 0.3) is 10.9 Å². The maximum Gasteiger partial charge on any atom is 0.163 e. The average Bonchev–Trinajstić information content (AvgIpc) is 2.82. The molecule has 0 bridgehead atoms. The molecule has 6 nitrogen and oxygen atoms in total. The molecule has 0 atom stereocenters. The topological polar surface area (TPSA) is 59.5 Å². The van der Waals surface area contributed by atoms with E-state index < -0.39 is 55.2 Å². The van der Waals surface area contributed by atoms with Crippen LogP contribution in [-0.2, 0) is 0 Å². The van der Waals surface area contributed by atoms with Crippen LogP contribution in [0.15, 0.2) is 41.1 Å². The molecule has 1 aromatic heterocycles. The number of ether oxygens (including phenoxy) is 2. The fourth-order valence-electron chi connectivity index (χ4n) is 3.21. The van der Waals surface area contributed by atoms with E-state index in [1.165, 1.54) is 51.4 Å². The highest BCUT2D eigenvalue weighted by atomic mass is 79.9. The van der Waals surface area contributed by atoms with Crippen LogP contribution in [0.2, 0.25) is 0 Å². The second kappa shape index (κ2) is 10.5. The zero-order valence-corrected chi connectivity index (χ0v) is 22.5. The van der Waals surface area contributed by atoms with Gasteiger partial charge < -0.3 is 14.8 Å². The molecule has 0 radical (unpaired) electrons. The molecule has 36 heavy (non-hydrogen) atoms. The van der Waals surface area contributed by atoms with E-state index in [2.05, 4.69) is 31.2 Å². The Balaban J connectivity index is 1.87. The highest BCUT2D eigenvalue weighted by Crippen LogP contribution is 2.38. The molecule has 4 rings (SSSR count). The summed E-state index contributed by atoms with van der Waals surface area (Å²) in [5.74, 6) is -3.45. The Morgan fingerprint density at radius 3 is 2.47 bits per heavy atom. The lowest BCUT2D eigenvalue weighted by Crippen LogP contribution is -2.46. The second-order valence-electron chi connectivity index (χ2n) is 10.2. The number of hydrogen-bond acceptors (Lipinski definition) is 6. The second-order valence-corrected chi connectivity index (χ2v) is 11.1. The SMILES string of the molecule is [2H]C([2H])(Oc1cc2ncnc(Nc3ccc(Br)cc3F)c2cc1OC(C)(C)C)C1C([2H])([2H])C([2H])([2H])N(C(C)(C)C)C([2H])([2H])C1([2H])[2H]. The van der Waals surface area contributed by atoms with Gasteiger partial charge in [0.1, 0.15) is 23.6 Å². The number of hydrogen-bond donors (Lipinski definition) is 1. The Labute approximate surface area is 235 Å². The van der Waals surface area contributed by atoms with Crippen LogP contribution in [0, 0.1) is 11.7 Å². The predicted octanol–water partition coefficient (Wildman–Crippen LogP) is 7.34. The summed E-state index contributed by atoms with van der Waals surface area (Å²) < 4.78 is 115. The van der Waals surface area contributed by atoms with Crippen molar-refractivity contribution in [2.75, 3.05) is 24.9 Å². The number of nitrogens with one attached hydrogen (secondary N) is 1. The minimum absolute atomic E-state index is 0.0859. The van der Waals surface area contributed by atoms with Gasteiger partial charge in [0.2, 0.25) is 0 Å². The normalized spacial score (nSPS) is 25.9. The number of anilines is 2. The predicted molar refractivity (Wildman–Crippen MR) is 147 cm³/mol. The summed E-state index contributed by atoms with van der Waals surface area (Å²) in [6.45, 7) is -0.360. The molecule has 3 aromatic rings. The van der Waals surface area contributed by atoms with Gasteiger partial charge in [-0.2, -0.15) is 0 Å². The van der Waals surface area contributed by atoms with Crippen molar-refractivity contribution in [2.24, 2.45) is 5.92 Å². The van der Waals surface area contributed by atoms with Gasteiger partial charge in [-0.3, -0.25) is 4.90 Å². The molecule has 0 saturated carbocycles. The van der Waals surface area contributed by atoms with Gasteiger partial charge in [0.05, 0.1) is 20.5 Å². The maximum atomic E-state index is 14.6. The van der Waals surface area contributed by atoms with E-state index in [0.29, 0.717) is 14.8 Å². The molecule has 1 aliphatic rings. The van der Waals surface area contributed by atoms with Gasteiger partial charge in [-0.15, -0.1) is 0 Å². The van der Waals surface area contributed by atoms with Crippen molar-refractivity contribution in [1.82, 2.24) is 14.9 Å². The minimum Gasteiger partial charge on any atom is -0.489 e. The van der Waals surface area contributed by atoms with E-state index in [0.717, 1.165) is 0 Å². The molecule has 8 heteroatoms. The summed E-state index contributed by atoms with van der Waals surface area (Å²) in [5, 5.41) is 3.22. The molecule has 2 aromatic carbocycles. The molecule has 1 aliphatic heterocycles. The van der Waals surface area contributed by atoms with Gasteiger partial charge in [0.25, 0.3) is 0 Å². The smallest absolute Gasteiger partial charge is 0.163 e. The third kappa shape index (κ3) is 6.65. The van der Waals surface area contributed by atoms with Gasteiger partial charge >= 0.3 is 0 Å². The Morgan fingerprint density at radius 2 is 1.83 bits per heavy atom. The van der Waals surface area contributed by atoms with E-state index in [-0.39, 0.29) is 28.5 Å². The van der Waals surface area contributed by atoms with Crippen LogP contribution in [0.1, 0.15) is 68.0 Å². The van der Waals surface area contributed by atoms with E-state index in [9.17, 15) is 4.39 Å². The first-order valence-corrected chi connectivity index (χ1v) is 12.1. The molecule has 2 heterocycles. The van der Waals surface area contributed by atoms with Gasteiger partial charge in [-0.1, -0.05) is 15.9 Å². The molecule has 0 amide bonds. The standard InChI is InChI=1S/C28H36BrFN4O2/c1-27(2,3)34-11-9-18(10-12-34)16-35-24-15-23-20(14-25(24)36-28(4,5)6)26(32-17-31-23)33-22-8-7-19(29)13-21(22)30/h7-8,13-15,17-18H,9-12,16H2,1-6H3,(H,31,32,33)/i9D2,10D2,11D2,12D2,16D2. The number of halogens is 2. The highest BCUT2D eigenvalue weighted by Gasteiger charge is 2.27. The zero-order valence-electron chi connectivity index (χ0n) is 31.0. The number of rotatable bonds is 6. The molecular weight excluding hydrogens is 523 g/mol. The van der Waals surface area contributed by atoms with Gasteiger partial charge in [0.15, 0.2) is 11.5 Å². The molecule has 0 spiro atoms. The Morgan fingerprint density at radius 1 is 1.11 bits per heavy atom. The van der Waals surface area contributed by atoms with Crippen LogP contribution in [0.5, 0.6) is 11.5 Å². The number of nitrogens with zero attached hydrogens (tertiary/aromatic N) is 3. The van der Waals surface area contributed by atoms with Crippen molar-refractivity contribution in [3.8, 4) is 11.5 Å². The van der Waals surface area contributed by atoms with Crippen molar-refractivity contribution in [3.63, 3.8) is 0 Å². The van der Waals surface area contributed by atoms with Crippen molar-refractivity contribution in [1.29, 1.82) is 0 Å². The summed E-state index contributed by atoms with van der Waals surface area (Å²) in [4.78, 5) is 8.91. The van der Waals surface area contributed by atoms with E-state index in [1.54, 1.807) is 26.8 Å². The molecule has 1 saturated heterocycles. The van der Waals surface area contributed by atoms with Crippen LogP contribution in [-0.4, -0.2) is 45.6 Å². The lowest BCUT2D eigenvalue weighted by Gasteiger charge is -2.40. The lowest BCUT2D eigenvalue weighted by molar-refractivity contribution is 0.0698. The van der Waals surface area contributed by atoms with Crippen LogP contribution in [0.3, 0.4) is 0 Å². The van der Waals surface area contributed by atoms with E-state index in [4.69, 9.17) is 23.2 Å². The molecule has 194 valence electrons. The Kier molecular flexibility index (Phi) is 4.78. The quantitative estimate of drug-likeness (QED) is 0.335. The first kappa shape index (κ1) is 16.4. The van der Waals surface area contributed by atoms with E-state index in [1.807, 2.05) is 0 Å². The van der Waals surface area contributed by atoms with Crippen LogP contribution >= 0.6 is 15.9 Å². The fourth-order valence-corrected chi connectivity index (χ4v) is 3.54. The summed E-state index contributed by atoms with van der Waals surface area (Å²) in [6, 6.07) is 7.07. The molecule has 0 unspecified atom stereocenters. The summed E-state index contributed by atoms with van der Waals surface area (Å²) in [5.41, 5.74) is -2.02. The Hall–Kier alpha value is -2.45. The van der Waals surface area contributed by atoms with Crippen molar-refractivity contribution >= 4 is 38.3 Å². The fraction of sp³-hybridized carbons (Fsp3) is 0.500. The van der Waals surface area contributed by atoms with E-state index >= 15 is 0 Å². The number of aromatic nitrogens is 2. The average molecular weight is 570 g/mol. The summed E-state index contributed by atoms with van der Waals surface area (Å²) in [6.07, 6.45) is -5.48. The molecule has 1 N–H and O–H groups in total. The monoisotopic (exact) mass is 568 g/mol. The van der Waals surface area contributed by atoms with Gasteiger partial charge in [-0.05, 0) is 97.5 Å². The Bertz CT molecular complexity index is 1620. The summed E-state index contributed by atoms with van der Waals surface area (Å²) >= 11 is 3.21. The third-order valence-corrected chi connectivity index (χ3v) is 5.39. The number of likely N-dealkylation sites (tertiary alicyclic amines) is 1. The summed E-state index contributed by atoms with van der Waals surface area (Å²) in [7, 11) is 0.